The molecule has 8 nitrogen and oxygen atoms in total. The van der Waals surface area contributed by atoms with E-state index in [-0.39, 0.29) is 11.8 Å². The fraction of sp³-hybridized carbons (Fsp3) is 0.222. The molecule has 2 aliphatic rings. The SMILES string of the molecule is N#Cc1ccc(N2CCN(Cc3ccc(Br)cc3)C(=O)C2)cc1.N#Cc1ccc(N2CCN(Cc3ccc(Br)cc3)C(=O)C2)cc1. The van der Waals surface area contributed by atoms with Gasteiger partial charge in [-0.3, -0.25) is 9.59 Å². The van der Waals surface area contributed by atoms with Gasteiger partial charge >= 0.3 is 0 Å². The third kappa shape index (κ3) is 8.75. The Morgan fingerprint density at radius 2 is 0.870 bits per heavy atom. The molecule has 6 rings (SSSR count). The molecule has 2 heterocycles. The van der Waals surface area contributed by atoms with Gasteiger partial charge in [-0.15, -0.1) is 0 Å². The number of halogens is 2. The van der Waals surface area contributed by atoms with Crippen LogP contribution in [0.1, 0.15) is 22.3 Å². The summed E-state index contributed by atoms with van der Waals surface area (Å²) in [5.74, 6) is 0.257. The number of piperazine rings is 2. The highest BCUT2D eigenvalue weighted by Crippen LogP contribution is 2.21. The lowest BCUT2D eigenvalue weighted by Gasteiger charge is -2.35. The van der Waals surface area contributed by atoms with Gasteiger partial charge in [0.05, 0.1) is 36.4 Å². The van der Waals surface area contributed by atoms with Gasteiger partial charge in [-0.05, 0) is 83.9 Å². The average molecular weight is 741 g/mol. The molecule has 4 aromatic rings. The van der Waals surface area contributed by atoms with Crippen molar-refractivity contribution in [2.24, 2.45) is 0 Å². The van der Waals surface area contributed by atoms with Crippen LogP contribution < -0.4 is 9.80 Å². The summed E-state index contributed by atoms with van der Waals surface area (Å²) in [5, 5.41) is 17.7. The second-order valence-electron chi connectivity index (χ2n) is 11.0. The summed E-state index contributed by atoms with van der Waals surface area (Å²) in [4.78, 5) is 32.7. The van der Waals surface area contributed by atoms with E-state index in [0.29, 0.717) is 50.4 Å². The first-order chi connectivity index (χ1) is 22.3. The summed E-state index contributed by atoms with van der Waals surface area (Å²) in [7, 11) is 0. The minimum atomic E-state index is 0.128. The number of amides is 2. The first-order valence-electron chi connectivity index (χ1n) is 14.9. The molecule has 2 saturated heterocycles. The monoisotopic (exact) mass is 738 g/mol. The van der Waals surface area contributed by atoms with Crippen molar-refractivity contribution in [3.8, 4) is 12.1 Å². The van der Waals surface area contributed by atoms with Crippen molar-refractivity contribution in [1.82, 2.24) is 9.80 Å². The number of anilines is 2. The van der Waals surface area contributed by atoms with Crippen LogP contribution in [-0.4, -0.2) is 60.9 Å². The van der Waals surface area contributed by atoms with Crippen LogP contribution in [0.5, 0.6) is 0 Å². The van der Waals surface area contributed by atoms with E-state index in [4.69, 9.17) is 10.5 Å². The number of hydrogen-bond acceptors (Lipinski definition) is 6. The third-order valence-electron chi connectivity index (χ3n) is 7.93. The van der Waals surface area contributed by atoms with Crippen LogP contribution in [0.3, 0.4) is 0 Å². The molecule has 0 aromatic heterocycles. The Hall–Kier alpha value is -4.64. The van der Waals surface area contributed by atoms with Gasteiger partial charge < -0.3 is 19.6 Å². The van der Waals surface area contributed by atoms with Crippen LogP contribution in [0, 0.1) is 22.7 Å². The Morgan fingerprint density at radius 3 is 1.17 bits per heavy atom. The molecule has 0 bridgehead atoms. The molecule has 2 aliphatic heterocycles. The molecular formula is C36H32Br2N6O2. The molecule has 2 amide bonds. The molecule has 0 atom stereocenters. The highest BCUT2D eigenvalue weighted by atomic mass is 79.9. The fourth-order valence-corrected chi connectivity index (χ4v) is 5.83. The topological polar surface area (TPSA) is 94.7 Å². The Labute approximate surface area is 286 Å². The predicted molar refractivity (Wildman–Crippen MR) is 186 cm³/mol. The summed E-state index contributed by atoms with van der Waals surface area (Å²) in [6.45, 7) is 5.05. The lowest BCUT2D eigenvalue weighted by atomic mass is 10.1. The molecule has 2 fully saturated rings. The number of nitriles is 2. The van der Waals surface area contributed by atoms with E-state index in [1.165, 1.54) is 0 Å². The van der Waals surface area contributed by atoms with E-state index in [1.807, 2.05) is 82.6 Å². The van der Waals surface area contributed by atoms with E-state index in [0.717, 1.165) is 44.5 Å². The van der Waals surface area contributed by atoms with Gasteiger partial charge in [0, 0.05) is 59.6 Å². The Morgan fingerprint density at radius 1 is 0.522 bits per heavy atom. The molecule has 0 radical (unpaired) electrons. The van der Waals surface area contributed by atoms with Crippen molar-refractivity contribution in [2.75, 3.05) is 49.1 Å². The number of carbonyl (C=O) groups is 2. The quantitative estimate of drug-likeness (QED) is 0.229. The van der Waals surface area contributed by atoms with Gasteiger partial charge in [0.25, 0.3) is 0 Å². The van der Waals surface area contributed by atoms with Crippen LogP contribution >= 0.6 is 31.9 Å². The standard InChI is InChI=1S/2C18H16BrN3O/c2*19-16-5-1-15(2-6-16)12-22-10-9-21(13-18(22)23)17-7-3-14(11-20)4-8-17/h2*1-8H,9-10,12-13H2. The zero-order valence-electron chi connectivity index (χ0n) is 25.2. The number of benzene rings is 4. The number of rotatable bonds is 6. The van der Waals surface area contributed by atoms with Crippen molar-refractivity contribution in [2.45, 2.75) is 13.1 Å². The van der Waals surface area contributed by atoms with Gasteiger partial charge in [-0.1, -0.05) is 56.1 Å². The van der Waals surface area contributed by atoms with E-state index in [9.17, 15) is 9.59 Å². The third-order valence-corrected chi connectivity index (χ3v) is 8.99. The lowest BCUT2D eigenvalue weighted by molar-refractivity contribution is -0.132. The van der Waals surface area contributed by atoms with Crippen molar-refractivity contribution in [3.63, 3.8) is 0 Å². The number of hydrogen-bond donors (Lipinski definition) is 0. The van der Waals surface area contributed by atoms with E-state index in [1.54, 1.807) is 24.3 Å². The minimum Gasteiger partial charge on any atom is -0.360 e. The Kier molecular flexibility index (Phi) is 11.1. The van der Waals surface area contributed by atoms with E-state index >= 15 is 0 Å². The van der Waals surface area contributed by atoms with Gasteiger partial charge in [-0.25, -0.2) is 0 Å². The summed E-state index contributed by atoms with van der Waals surface area (Å²) >= 11 is 6.84. The Bertz CT molecular complexity index is 1600. The lowest BCUT2D eigenvalue weighted by Crippen LogP contribution is -2.50. The zero-order chi connectivity index (χ0) is 32.5. The van der Waals surface area contributed by atoms with Crippen LogP contribution in [0.15, 0.2) is 106 Å². The maximum absolute atomic E-state index is 12.4. The van der Waals surface area contributed by atoms with E-state index in [2.05, 4.69) is 53.8 Å². The predicted octanol–water partition coefficient (Wildman–Crippen LogP) is 6.34. The van der Waals surface area contributed by atoms with Gasteiger partial charge in [-0.2, -0.15) is 10.5 Å². The highest BCUT2D eigenvalue weighted by Gasteiger charge is 2.25. The van der Waals surface area contributed by atoms with Crippen molar-refractivity contribution in [3.05, 3.63) is 128 Å². The molecule has 0 saturated carbocycles. The Balaban J connectivity index is 0.000000181. The maximum atomic E-state index is 12.4. The summed E-state index contributed by atoms with van der Waals surface area (Å²) in [6.07, 6.45) is 0. The van der Waals surface area contributed by atoms with Crippen LogP contribution in [-0.2, 0) is 22.7 Å². The van der Waals surface area contributed by atoms with Crippen molar-refractivity contribution in [1.29, 1.82) is 10.5 Å². The second-order valence-corrected chi connectivity index (χ2v) is 12.9. The fourth-order valence-electron chi connectivity index (χ4n) is 5.31. The minimum absolute atomic E-state index is 0.128. The van der Waals surface area contributed by atoms with Gasteiger partial charge in [0.2, 0.25) is 11.8 Å². The smallest absolute Gasteiger partial charge is 0.242 e. The van der Waals surface area contributed by atoms with Crippen molar-refractivity contribution >= 4 is 55.0 Å². The first kappa shape index (κ1) is 32.7. The van der Waals surface area contributed by atoms with Gasteiger partial charge in [0.1, 0.15) is 0 Å². The van der Waals surface area contributed by atoms with Crippen molar-refractivity contribution < 1.29 is 9.59 Å². The molecule has 0 aliphatic carbocycles. The molecule has 0 unspecified atom stereocenters. The normalized spacial score (nSPS) is 14.7. The van der Waals surface area contributed by atoms with Gasteiger partial charge in [0.15, 0.2) is 0 Å². The molecule has 10 heteroatoms. The number of carbonyl (C=O) groups excluding carboxylic acids is 2. The molecule has 232 valence electrons. The maximum Gasteiger partial charge on any atom is 0.242 e. The molecule has 4 aromatic carbocycles. The van der Waals surface area contributed by atoms with E-state index < -0.39 is 0 Å². The average Bonchev–Trinajstić information content (AvgIpc) is 3.09. The largest absolute Gasteiger partial charge is 0.360 e. The highest BCUT2D eigenvalue weighted by molar-refractivity contribution is 9.10. The second kappa shape index (κ2) is 15.6. The number of nitrogens with zero attached hydrogens (tertiary/aromatic N) is 6. The summed E-state index contributed by atoms with van der Waals surface area (Å²) in [6, 6.07) is 35.1. The summed E-state index contributed by atoms with van der Waals surface area (Å²) < 4.78 is 2.08. The molecule has 0 N–H and O–H groups in total. The molecular weight excluding hydrogens is 708 g/mol. The van der Waals surface area contributed by atoms with Crippen LogP contribution in [0.4, 0.5) is 11.4 Å². The summed E-state index contributed by atoms with van der Waals surface area (Å²) in [5.41, 5.74) is 5.51. The van der Waals surface area contributed by atoms with Crippen LogP contribution in [0.25, 0.3) is 0 Å². The molecule has 0 spiro atoms. The van der Waals surface area contributed by atoms with Crippen LogP contribution in [0.2, 0.25) is 0 Å². The zero-order valence-corrected chi connectivity index (χ0v) is 28.3. The molecule has 46 heavy (non-hydrogen) atoms. The first-order valence-corrected chi connectivity index (χ1v) is 16.4.